The molecule has 6 nitrogen and oxygen atoms in total. The van der Waals surface area contributed by atoms with Crippen molar-refractivity contribution in [2.75, 3.05) is 13.2 Å². The Bertz CT molecular complexity index is 943. The second kappa shape index (κ2) is 7.88. The first-order chi connectivity index (χ1) is 16.6. The molecule has 6 aliphatic rings. The number of carboxylic acid groups (broad SMARTS) is 1. The van der Waals surface area contributed by atoms with Crippen LogP contribution in [0.1, 0.15) is 66.7 Å². The number of fused-ring (bicyclic) bond motifs is 3. The number of carbonyl (C=O) groups is 2. The minimum atomic E-state index is -1.18. The third-order valence-electron chi connectivity index (χ3n) is 11.6. The summed E-state index contributed by atoms with van der Waals surface area (Å²) in [5.74, 6) is 1.22. The van der Waals surface area contributed by atoms with Gasteiger partial charge in [-0.1, -0.05) is 45.8 Å². The predicted molar refractivity (Wildman–Crippen MR) is 129 cm³/mol. The summed E-state index contributed by atoms with van der Waals surface area (Å²) in [6.07, 6.45) is 7.32. The van der Waals surface area contributed by atoms with Crippen LogP contribution in [0.5, 0.6) is 0 Å². The van der Waals surface area contributed by atoms with Gasteiger partial charge in [-0.05, 0) is 67.6 Å². The van der Waals surface area contributed by atoms with E-state index in [9.17, 15) is 14.7 Å². The summed E-state index contributed by atoms with van der Waals surface area (Å²) in [5.41, 5.74) is -1.65. The van der Waals surface area contributed by atoms with E-state index in [0.29, 0.717) is 36.7 Å². The third kappa shape index (κ3) is 2.77. The topological polar surface area (TPSA) is 82.1 Å². The summed E-state index contributed by atoms with van der Waals surface area (Å²) in [6.45, 7) is 11.9. The molecular formula is C29H42O6. The van der Waals surface area contributed by atoms with Crippen molar-refractivity contribution >= 4 is 12.3 Å². The molecule has 6 heteroatoms. The smallest absolute Gasteiger partial charge is 0.315 e. The van der Waals surface area contributed by atoms with Crippen LogP contribution in [-0.4, -0.2) is 49.1 Å². The fourth-order valence-corrected chi connectivity index (χ4v) is 10.3. The van der Waals surface area contributed by atoms with Gasteiger partial charge in [-0.3, -0.25) is 4.79 Å². The van der Waals surface area contributed by atoms with Crippen LogP contribution in [0.4, 0.5) is 0 Å². The lowest BCUT2D eigenvalue weighted by atomic mass is 9.43. The molecule has 0 aromatic heterocycles. The highest BCUT2D eigenvalue weighted by Gasteiger charge is 2.84. The zero-order chi connectivity index (χ0) is 24.9. The molecule has 2 heterocycles. The summed E-state index contributed by atoms with van der Waals surface area (Å²) >= 11 is 0. The number of carbonyl (C=O) groups excluding carboxylic acids is 1. The standard InChI is InChI=1S/C29H42O6/c1-15(2)23-8-19-10-27(13-30)22-7-6-16(3)21(22)11-28(19,29(23,27)26(31)32)14-34-24-9-20-17(4)12-33-25(20)18(5)35-24/h8,13,15-22,24-25H,6-7,9-12,14H2,1-5H3,(H,31,32)/t16-,17-,18-,19+,20-,21-,22-,24?,25-,27+,28+,29+/m1/s1. The van der Waals surface area contributed by atoms with Crippen LogP contribution in [0.15, 0.2) is 11.6 Å². The van der Waals surface area contributed by atoms with Crippen molar-refractivity contribution in [2.45, 2.75) is 85.2 Å². The minimum Gasteiger partial charge on any atom is -0.481 e. The van der Waals surface area contributed by atoms with Gasteiger partial charge in [0, 0.05) is 11.8 Å². The van der Waals surface area contributed by atoms with E-state index < -0.39 is 22.2 Å². The zero-order valence-corrected chi connectivity index (χ0v) is 21.9. The van der Waals surface area contributed by atoms with Crippen molar-refractivity contribution < 1.29 is 28.9 Å². The average molecular weight is 487 g/mol. The van der Waals surface area contributed by atoms with Crippen LogP contribution < -0.4 is 0 Å². The summed E-state index contributed by atoms with van der Waals surface area (Å²) in [4.78, 5) is 26.7. The molecule has 194 valence electrons. The summed E-state index contributed by atoms with van der Waals surface area (Å²) in [5, 5.41) is 11.1. The van der Waals surface area contributed by atoms with Gasteiger partial charge in [0.15, 0.2) is 6.29 Å². The fourth-order valence-electron chi connectivity index (χ4n) is 10.3. The highest BCUT2D eigenvalue weighted by Crippen LogP contribution is 2.82. The third-order valence-corrected chi connectivity index (χ3v) is 11.6. The normalized spacial score (nSPS) is 54.0. The van der Waals surface area contributed by atoms with Crippen LogP contribution in [-0.2, 0) is 23.8 Å². The number of hydrogen-bond donors (Lipinski definition) is 1. The van der Waals surface area contributed by atoms with Gasteiger partial charge in [-0.25, -0.2) is 0 Å². The van der Waals surface area contributed by atoms with Crippen molar-refractivity contribution in [2.24, 2.45) is 57.7 Å². The van der Waals surface area contributed by atoms with E-state index in [0.717, 1.165) is 44.1 Å². The van der Waals surface area contributed by atoms with Crippen LogP contribution in [0.25, 0.3) is 0 Å². The van der Waals surface area contributed by atoms with Gasteiger partial charge in [-0.15, -0.1) is 0 Å². The Morgan fingerprint density at radius 1 is 1.20 bits per heavy atom. The Morgan fingerprint density at radius 2 is 1.97 bits per heavy atom. The Morgan fingerprint density at radius 3 is 2.66 bits per heavy atom. The number of rotatable bonds is 6. The number of carboxylic acids is 1. The number of aliphatic carboxylic acids is 1. The number of ether oxygens (including phenoxy) is 3. The summed E-state index contributed by atoms with van der Waals surface area (Å²) in [6, 6.07) is 0. The average Bonchev–Trinajstić information content (AvgIpc) is 3.50. The molecule has 3 saturated carbocycles. The first kappa shape index (κ1) is 24.1. The largest absolute Gasteiger partial charge is 0.481 e. The first-order valence-corrected chi connectivity index (χ1v) is 13.9. The maximum absolute atomic E-state index is 13.5. The highest BCUT2D eigenvalue weighted by molar-refractivity contribution is 5.90. The number of allylic oxidation sites excluding steroid dienone is 1. The number of hydrogen-bond acceptors (Lipinski definition) is 5. The molecule has 12 atom stereocenters. The molecule has 2 saturated heterocycles. The summed E-state index contributed by atoms with van der Waals surface area (Å²) in [7, 11) is 0. The Hall–Kier alpha value is -1.24. The van der Waals surface area contributed by atoms with E-state index in [1.807, 2.05) is 0 Å². The maximum Gasteiger partial charge on any atom is 0.315 e. The molecule has 4 bridgehead atoms. The van der Waals surface area contributed by atoms with Gasteiger partial charge in [0.25, 0.3) is 0 Å². The van der Waals surface area contributed by atoms with Gasteiger partial charge in [0.05, 0.1) is 30.8 Å². The lowest BCUT2D eigenvalue weighted by molar-refractivity contribution is -0.251. The first-order valence-electron chi connectivity index (χ1n) is 13.9. The van der Waals surface area contributed by atoms with Gasteiger partial charge < -0.3 is 24.1 Å². The van der Waals surface area contributed by atoms with Crippen molar-refractivity contribution in [1.82, 2.24) is 0 Å². The van der Waals surface area contributed by atoms with Crippen molar-refractivity contribution in [1.29, 1.82) is 0 Å². The lowest BCUT2D eigenvalue weighted by Gasteiger charge is -2.58. The monoisotopic (exact) mass is 486 g/mol. The maximum atomic E-state index is 13.5. The molecule has 4 aliphatic carbocycles. The lowest BCUT2D eigenvalue weighted by Crippen LogP contribution is -2.63. The van der Waals surface area contributed by atoms with E-state index >= 15 is 0 Å². The van der Waals surface area contributed by atoms with Gasteiger partial charge >= 0.3 is 5.97 Å². The Labute approximate surface area is 209 Å². The minimum absolute atomic E-state index is 0.0426. The quantitative estimate of drug-likeness (QED) is 0.432. The molecule has 6 rings (SSSR count). The van der Waals surface area contributed by atoms with Crippen LogP contribution in [0.3, 0.4) is 0 Å². The van der Waals surface area contributed by atoms with Crippen LogP contribution >= 0.6 is 0 Å². The molecule has 0 radical (unpaired) electrons. The van der Waals surface area contributed by atoms with Crippen molar-refractivity contribution in [3.8, 4) is 0 Å². The van der Waals surface area contributed by atoms with Gasteiger partial charge in [-0.2, -0.15) is 0 Å². The van der Waals surface area contributed by atoms with Gasteiger partial charge in [0.1, 0.15) is 11.7 Å². The second-order valence-electron chi connectivity index (χ2n) is 13.2. The van der Waals surface area contributed by atoms with E-state index in [-0.39, 0.29) is 36.3 Å². The predicted octanol–water partition coefficient (Wildman–Crippen LogP) is 4.71. The van der Waals surface area contributed by atoms with E-state index in [4.69, 9.17) is 14.2 Å². The molecule has 0 aromatic rings. The van der Waals surface area contributed by atoms with Crippen LogP contribution in [0, 0.1) is 57.7 Å². The number of aldehydes is 1. The van der Waals surface area contributed by atoms with E-state index in [2.05, 4.69) is 40.7 Å². The van der Waals surface area contributed by atoms with Crippen molar-refractivity contribution in [3.05, 3.63) is 11.6 Å². The molecule has 2 aliphatic heterocycles. The molecule has 0 aromatic carbocycles. The fraction of sp³-hybridized carbons (Fsp3) is 0.862. The van der Waals surface area contributed by atoms with Crippen LogP contribution in [0.2, 0.25) is 0 Å². The molecular weight excluding hydrogens is 444 g/mol. The Balaban J connectivity index is 1.39. The van der Waals surface area contributed by atoms with E-state index in [1.54, 1.807) is 0 Å². The van der Waals surface area contributed by atoms with E-state index in [1.165, 1.54) is 0 Å². The molecule has 0 amide bonds. The molecule has 0 spiro atoms. The zero-order valence-electron chi connectivity index (χ0n) is 21.9. The molecule has 5 fully saturated rings. The Kier molecular flexibility index (Phi) is 5.43. The SMILES string of the molecule is CC(C)C1=C[C@H]2C[C@]3(C=O)[C@@H]4CC[C@@H](C)[C@H]4C[C@@]2(COC2C[C@H]4[C@H](OC[C@H]4C)[C@@H](C)O2)[C@]13C(=O)O. The van der Waals surface area contributed by atoms with Crippen molar-refractivity contribution in [3.63, 3.8) is 0 Å². The summed E-state index contributed by atoms with van der Waals surface area (Å²) < 4.78 is 18.9. The van der Waals surface area contributed by atoms with Gasteiger partial charge in [0.2, 0.25) is 0 Å². The molecule has 1 N–H and O–H groups in total. The molecule has 35 heavy (non-hydrogen) atoms. The molecule has 1 unspecified atom stereocenters. The second-order valence-corrected chi connectivity index (χ2v) is 13.2. The highest BCUT2D eigenvalue weighted by atomic mass is 16.7.